The number of rotatable bonds is 5. The maximum absolute atomic E-state index is 12.7. The van der Waals surface area contributed by atoms with Crippen LogP contribution in [0.4, 0.5) is 0 Å². The quantitative estimate of drug-likeness (QED) is 0.680. The van der Waals surface area contributed by atoms with Gasteiger partial charge in [0.05, 0.1) is 12.7 Å². The lowest BCUT2D eigenvalue weighted by Gasteiger charge is -2.34. The van der Waals surface area contributed by atoms with Crippen LogP contribution < -0.4 is 4.74 Å². The molecule has 1 saturated heterocycles. The van der Waals surface area contributed by atoms with Crippen LogP contribution in [0.25, 0.3) is 11.5 Å². The molecular weight excluding hydrogens is 356 g/mol. The average Bonchev–Trinajstić information content (AvgIpc) is 3.24. The minimum atomic E-state index is -0.229. The van der Waals surface area contributed by atoms with Crippen molar-refractivity contribution in [3.05, 3.63) is 66.1 Å². The van der Waals surface area contributed by atoms with Crippen molar-refractivity contribution in [3.8, 4) is 17.2 Å². The second kappa shape index (κ2) is 8.22. The van der Waals surface area contributed by atoms with E-state index in [0.717, 1.165) is 19.6 Å². The number of methoxy groups -OCH3 is 1. The molecule has 28 heavy (non-hydrogen) atoms. The van der Waals surface area contributed by atoms with Crippen molar-refractivity contribution in [2.24, 2.45) is 0 Å². The SMILES string of the molecule is COc1ccccc1-c1nnc(C(=O)N2CCN(Cc3ccccc3)CC2)o1. The molecule has 4 rings (SSSR count). The Balaban J connectivity index is 1.39. The molecule has 0 spiro atoms. The fourth-order valence-corrected chi connectivity index (χ4v) is 3.33. The van der Waals surface area contributed by atoms with Gasteiger partial charge < -0.3 is 14.1 Å². The lowest BCUT2D eigenvalue weighted by molar-refractivity contribution is 0.0590. The normalized spacial score (nSPS) is 14.8. The molecule has 0 saturated carbocycles. The van der Waals surface area contributed by atoms with E-state index in [4.69, 9.17) is 9.15 Å². The largest absolute Gasteiger partial charge is 0.496 e. The number of benzene rings is 2. The molecule has 1 aromatic heterocycles. The Labute approximate surface area is 163 Å². The summed E-state index contributed by atoms with van der Waals surface area (Å²) in [5, 5.41) is 7.98. The summed E-state index contributed by atoms with van der Waals surface area (Å²) in [6.07, 6.45) is 0. The number of para-hydroxylation sites is 1. The highest BCUT2D eigenvalue weighted by molar-refractivity contribution is 5.90. The predicted octanol–water partition coefficient (Wildman–Crippen LogP) is 2.70. The van der Waals surface area contributed by atoms with E-state index in [1.165, 1.54) is 5.56 Å². The molecule has 1 fully saturated rings. The molecular formula is C21H22N4O3. The van der Waals surface area contributed by atoms with Gasteiger partial charge in [-0.25, -0.2) is 0 Å². The van der Waals surface area contributed by atoms with Gasteiger partial charge >= 0.3 is 11.8 Å². The summed E-state index contributed by atoms with van der Waals surface area (Å²) in [4.78, 5) is 16.8. The maximum atomic E-state index is 12.7. The lowest BCUT2D eigenvalue weighted by atomic mass is 10.2. The fraction of sp³-hybridized carbons (Fsp3) is 0.286. The first-order valence-corrected chi connectivity index (χ1v) is 9.27. The standard InChI is InChI=1S/C21H22N4O3/c1-27-18-10-6-5-9-17(18)19-22-23-20(28-19)21(26)25-13-11-24(12-14-25)15-16-7-3-2-4-8-16/h2-10H,11-15H2,1H3. The summed E-state index contributed by atoms with van der Waals surface area (Å²) in [6.45, 7) is 3.79. The van der Waals surface area contributed by atoms with Gasteiger partial charge in [0.1, 0.15) is 5.75 Å². The number of nitrogens with zero attached hydrogens (tertiary/aromatic N) is 4. The predicted molar refractivity (Wildman–Crippen MR) is 104 cm³/mol. The molecule has 1 amide bonds. The zero-order valence-corrected chi connectivity index (χ0v) is 15.7. The van der Waals surface area contributed by atoms with Crippen molar-refractivity contribution in [3.63, 3.8) is 0 Å². The van der Waals surface area contributed by atoms with E-state index in [1.54, 1.807) is 12.0 Å². The molecule has 7 heteroatoms. The number of piperazine rings is 1. The Morgan fingerprint density at radius 1 is 1.00 bits per heavy atom. The molecule has 2 heterocycles. The topological polar surface area (TPSA) is 71.7 Å². The molecule has 0 bridgehead atoms. The lowest BCUT2D eigenvalue weighted by Crippen LogP contribution is -2.48. The molecule has 0 unspecified atom stereocenters. The van der Waals surface area contributed by atoms with Crippen LogP contribution in [0, 0.1) is 0 Å². The summed E-state index contributed by atoms with van der Waals surface area (Å²) in [7, 11) is 1.58. The van der Waals surface area contributed by atoms with Crippen molar-refractivity contribution in [1.82, 2.24) is 20.0 Å². The smallest absolute Gasteiger partial charge is 0.311 e. The molecule has 0 aliphatic carbocycles. The summed E-state index contributed by atoms with van der Waals surface area (Å²) in [5.41, 5.74) is 1.95. The molecule has 0 atom stereocenters. The minimum Gasteiger partial charge on any atom is -0.496 e. The van der Waals surface area contributed by atoms with E-state index < -0.39 is 0 Å². The van der Waals surface area contributed by atoms with Crippen LogP contribution in [-0.4, -0.2) is 59.2 Å². The minimum absolute atomic E-state index is 0.0115. The van der Waals surface area contributed by atoms with Gasteiger partial charge in [-0.05, 0) is 17.7 Å². The third kappa shape index (κ3) is 3.89. The van der Waals surface area contributed by atoms with Gasteiger partial charge in [-0.2, -0.15) is 0 Å². The average molecular weight is 378 g/mol. The number of carbonyl (C=O) groups excluding carboxylic acids is 1. The maximum Gasteiger partial charge on any atom is 0.311 e. The van der Waals surface area contributed by atoms with Crippen LogP contribution in [0.2, 0.25) is 0 Å². The van der Waals surface area contributed by atoms with E-state index in [2.05, 4.69) is 27.2 Å². The molecule has 1 aliphatic heterocycles. The van der Waals surface area contributed by atoms with Crippen LogP contribution in [0.15, 0.2) is 59.0 Å². The van der Waals surface area contributed by atoms with Crippen molar-refractivity contribution in [2.45, 2.75) is 6.54 Å². The Kier molecular flexibility index (Phi) is 5.34. The summed E-state index contributed by atoms with van der Waals surface area (Å²) in [5.74, 6) is 0.689. The number of carbonyl (C=O) groups is 1. The molecule has 144 valence electrons. The molecule has 3 aromatic rings. The fourth-order valence-electron chi connectivity index (χ4n) is 3.33. The molecule has 7 nitrogen and oxygen atoms in total. The van der Waals surface area contributed by atoms with Crippen LogP contribution >= 0.6 is 0 Å². The van der Waals surface area contributed by atoms with Crippen LogP contribution in [0.1, 0.15) is 16.2 Å². The highest BCUT2D eigenvalue weighted by Crippen LogP contribution is 2.28. The number of hydrogen-bond donors (Lipinski definition) is 0. The zero-order chi connectivity index (χ0) is 19.3. The molecule has 0 radical (unpaired) electrons. The van der Waals surface area contributed by atoms with Gasteiger partial charge in [0.25, 0.3) is 5.89 Å². The summed E-state index contributed by atoms with van der Waals surface area (Å²) < 4.78 is 11.0. The number of aromatic nitrogens is 2. The van der Waals surface area contributed by atoms with E-state index >= 15 is 0 Å². The monoisotopic (exact) mass is 378 g/mol. The third-order valence-corrected chi connectivity index (χ3v) is 4.85. The Bertz CT molecular complexity index is 934. The van der Waals surface area contributed by atoms with Gasteiger partial charge in [-0.15, -0.1) is 10.2 Å². The molecule has 2 aromatic carbocycles. The van der Waals surface area contributed by atoms with Crippen molar-refractivity contribution in [2.75, 3.05) is 33.3 Å². The van der Waals surface area contributed by atoms with Crippen molar-refractivity contribution in [1.29, 1.82) is 0 Å². The van der Waals surface area contributed by atoms with E-state index in [0.29, 0.717) is 24.4 Å². The van der Waals surface area contributed by atoms with Crippen molar-refractivity contribution >= 4 is 5.91 Å². The highest BCUT2D eigenvalue weighted by atomic mass is 16.5. The summed E-state index contributed by atoms with van der Waals surface area (Å²) in [6, 6.07) is 17.7. The van der Waals surface area contributed by atoms with Crippen molar-refractivity contribution < 1.29 is 13.9 Å². The van der Waals surface area contributed by atoms with Gasteiger partial charge in [0.15, 0.2) is 0 Å². The second-order valence-corrected chi connectivity index (χ2v) is 6.67. The van der Waals surface area contributed by atoms with Gasteiger partial charge in [-0.3, -0.25) is 9.69 Å². The van der Waals surface area contributed by atoms with Crippen LogP contribution in [0.5, 0.6) is 5.75 Å². The summed E-state index contributed by atoms with van der Waals surface area (Å²) >= 11 is 0. The molecule has 0 N–H and O–H groups in total. The third-order valence-electron chi connectivity index (χ3n) is 4.85. The van der Waals surface area contributed by atoms with E-state index in [9.17, 15) is 4.79 Å². The van der Waals surface area contributed by atoms with Crippen LogP contribution in [0.3, 0.4) is 0 Å². The van der Waals surface area contributed by atoms with E-state index in [-0.39, 0.29) is 17.7 Å². The second-order valence-electron chi connectivity index (χ2n) is 6.67. The number of hydrogen-bond acceptors (Lipinski definition) is 6. The van der Waals surface area contributed by atoms with Gasteiger partial charge in [0, 0.05) is 32.7 Å². The zero-order valence-electron chi connectivity index (χ0n) is 15.7. The first-order chi connectivity index (χ1) is 13.7. The molecule has 1 aliphatic rings. The Morgan fingerprint density at radius 2 is 1.71 bits per heavy atom. The van der Waals surface area contributed by atoms with Crippen LogP contribution in [-0.2, 0) is 6.54 Å². The van der Waals surface area contributed by atoms with Gasteiger partial charge in [0.2, 0.25) is 0 Å². The number of amides is 1. The Morgan fingerprint density at radius 3 is 2.46 bits per heavy atom. The first kappa shape index (κ1) is 18.2. The Hall–Kier alpha value is -3.19. The van der Waals surface area contributed by atoms with Gasteiger partial charge in [-0.1, -0.05) is 42.5 Å². The highest BCUT2D eigenvalue weighted by Gasteiger charge is 2.26. The van der Waals surface area contributed by atoms with E-state index in [1.807, 2.05) is 42.5 Å². The number of ether oxygens (including phenoxy) is 1. The first-order valence-electron chi connectivity index (χ1n) is 9.27.